The van der Waals surface area contributed by atoms with E-state index < -0.39 is 6.17 Å². The molecule has 0 aromatic rings. The van der Waals surface area contributed by atoms with E-state index in [1.807, 2.05) is 6.92 Å². The van der Waals surface area contributed by atoms with Crippen molar-refractivity contribution >= 4 is 15.9 Å². The average molecular weight is 193 g/mol. The van der Waals surface area contributed by atoms with Crippen molar-refractivity contribution in [3.8, 4) is 0 Å². The predicted octanol–water partition coefficient (Wildman–Crippen LogP) is 2.83. The van der Waals surface area contributed by atoms with E-state index in [9.17, 15) is 4.39 Å². The lowest BCUT2D eigenvalue weighted by Crippen LogP contribution is -2.18. The Morgan fingerprint density at radius 3 is 2.89 bits per heavy atom. The van der Waals surface area contributed by atoms with Crippen molar-refractivity contribution in [3.63, 3.8) is 0 Å². The molecule has 9 heavy (non-hydrogen) atoms. The number of halogens is 2. The Hall–Kier alpha value is 0.150. The quantitative estimate of drug-likeness (QED) is 0.410. The molecule has 0 aromatic heterocycles. The van der Waals surface area contributed by atoms with Gasteiger partial charge in [-0.05, 0) is 13.3 Å². The second-order valence-electron chi connectivity index (χ2n) is 2.52. The Balaban J connectivity index is 2.54. The lowest BCUT2D eigenvalue weighted by Gasteiger charge is -2.18. The summed E-state index contributed by atoms with van der Waals surface area (Å²) in [6, 6.07) is 0. The third-order valence-electron chi connectivity index (χ3n) is 1.60. The third-order valence-corrected chi connectivity index (χ3v) is 2.55. The minimum absolute atomic E-state index is 0.0567. The molecule has 1 aliphatic rings. The molecule has 0 nitrogen and oxygen atoms in total. The smallest absolute Gasteiger partial charge is 0.117 e. The van der Waals surface area contributed by atoms with Gasteiger partial charge in [0.2, 0.25) is 0 Å². The molecule has 2 atom stereocenters. The van der Waals surface area contributed by atoms with Crippen molar-refractivity contribution in [2.75, 3.05) is 0 Å². The molecule has 0 saturated carbocycles. The van der Waals surface area contributed by atoms with E-state index in [0.29, 0.717) is 6.42 Å². The normalized spacial score (nSPS) is 36.1. The van der Waals surface area contributed by atoms with Crippen LogP contribution in [0.5, 0.6) is 0 Å². The zero-order valence-corrected chi connectivity index (χ0v) is 6.99. The molecule has 0 fully saturated rings. The topological polar surface area (TPSA) is 0 Å². The van der Waals surface area contributed by atoms with Gasteiger partial charge < -0.3 is 0 Å². The second kappa shape index (κ2) is 2.82. The van der Waals surface area contributed by atoms with Gasteiger partial charge in [-0.15, -0.1) is 0 Å². The maximum atomic E-state index is 12.7. The number of hydrogen-bond acceptors (Lipinski definition) is 0. The van der Waals surface area contributed by atoms with Gasteiger partial charge >= 0.3 is 0 Å². The lowest BCUT2D eigenvalue weighted by molar-refractivity contribution is 0.316. The number of alkyl halides is 2. The monoisotopic (exact) mass is 192 g/mol. The third kappa shape index (κ3) is 1.78. The lowest BCUT2D eigenvalue weighted by atomic mass is 9.99. The van der Waals surface area contributed by atoms with E-state index in [0.717, 1.165) is 6.42 Å². The van der Waals surface area contributed by atoms with Crippen LogP contribution >= 0.6 is 15.9 Å². The minimum atomic E-state index is -0.671. The van der Waals surface area contributed by atoms with Crippen LogP contribution in [-0.4, -0.2) is 11.0 Å². The fraction of sp³-hybridized carbons (Fsp3) is 0.714. The van der Waals surface area contributed by atoms with E-state index in [1.165, 1.54) is 5.57 Å². The highest BCUT2D eigenvalue weighted by molar-refractivity contribution is 9.09. The summed E-state index contributed by atoms with van der Waals surface area (Å²) in [5.41, 5.74) is 1.18. The first-order chi connectivity index (χ1) is 4.20. The number of rotatable bonds is 0. The van der Waals surface area contributed by atoms with E-state index in [1.54, 1.807) is 0 Å². The highest BCUT2D eigenvalue weighted by atomic mass is 79.9. The zero-order chi connectivity index (χ0) is 6.85. The van der Waals surface area contributed by atoms with E-state index in [2.05, 4.69) is 22.0 Å². The van der Waals surface area contributed by atoms with Gasteiger partial charge in [0.15, 0.2) is 0 Å². The zero-order valence-electron chi connectivity index (χ0n) is 5.40. The first-order valence-corrected chi connectivity index (χ1v) is 4.05. The van der Waals surface area contributed by atoms with Crippen LogP contribution in [0.15, 0.2) is 11.6 Å². The average Bonchev–Trinajstić information content (AvgIpc) is 1.80. The molecular weight excluding hydrogens is 183 g/mol. The first kappa shape index (κ1) is 7.26. The SMILES string of the molecule is CC1=CCC(Br)C(F)C1. The van der Waals surface area contributed by atoms with Crippen molar-refractivity contribution in [1.82, 2.24) is 0 Å². The summed E-state index contributed by atoms with van der Waals surface area (Å²) in [7, 11) is 0. The van der Waals surface area contributed by atoms with Crippen molar-refractivity contribution in [2.45, 2.75) is 30.8 Å². The van der Waals surface area contributed by atoms with Crippen LogP contribution in [-0.2, 0) is 0 Å². The van der Waals surface area contributed by atoms with Gasteiger partial charge in [-0.2, -0.15) is 0 Å². The molecular formula is C7H10BrF. The molecule has 0 aliphatic heterocycles. The van der Waals surface area contributed by atoms with Crippen LogP contribution < -0.4 is 0 Å². The van der Waals surface area contributed by atoms with Crippen LogP contribution in [0.25, 0.3) is 0 Å². The highest BCUT2D eigenvalue weighted by Crippen LogP contribution is 2.25. The molecule has 0 bridgehead atoms. The molecule has 0 N–H and O–H groups in total. The maximum Gasteiger partial charge on any atom is 0.117 e. The minimum Gasteiger partial charge on any atom is -0.246 e. The molecule has 2 heteroatoms. The molecule has 0 spiro atoms. The second-order valence-corrected chi connectivity index (χ2v) is 3.70. The van der Waals surface area contributed by atoms with Crippen molar-refractivity contribution in [1.29, 1.82) is 0 Å². The Labute approximate surface area is 63.3 Å². The van der Waals surface area contributed by atoms with Crippen LogP contribution in [0, 0.1) is 0 Å². The molecule has 0 radical (unpaired) electrons. The van der Waals surface area contributed by atoms with E-state index in [-0.39, 0.29) is 4.83 Å². The summed E-state index contributed by atoms with van der Waals surface area (Å²) >= 11 is 3.26. The van der Waals surface area contributed by atoms with Gasteiger partial charge in [-0.25, -0.2) is 4.39 Å². The van der Waals surface area contributed by atoms with Crippen LogP contribution in [0.4, 0.5) is 4.39 Å². The van der Waals surface area contributed by atoms with Crippen LogP contribution in [0.3, 0.4) is 0 Å². The molecule has 0 aromatic carbocycles. The van der Waals surface area contributed by atoms with Gasteiger partial charge in [-0.3, -0.25) is 0 Å². The first-order valence-electron chi connectivity index (χ1n) is 3.14. The maximum absolute atomic E-state index is 12.7. The molecule has 0 saturated heterocycles. The number of hydrogen-bond donors (Lipinski definition) is 0. The summed E-state index contributed by atoms with van der Waals surface area (Å²) in [5.74, 6) is 0. The summed E-state index contributed by atoms with van der Waals surface area (Å²) in [6.07, 6.45) is 2.87. The Morgan fingerprint density at radius 2 is 2.44 bits per heavy atom. The Kier molecular flexibility index (Phi) is 2.28. The Morgan fingerprint density at radius 1 is 1.78 bits per heavy atom. The molecule has 1 aliphatic carbocycles. The van der Waals surface area contributed by atoms with Gasteiger partial charge in [0.25, 0.3) is 0 Å². The molecule has 2 unspecified atom stereocenters. The fourth-order valence-corrected chi connectivity index (χ4v) is 1.35. The largest absolute Gasteiger partial charge is 0.246 e. The van der Waals surface area contributed by atoms with Crippen molar-refractivity contribution in [3.05, 3.63) is 11.6 Å². The molecule has 1 rings (SSSR count). The van der Waals surface area contributed by atoms with Gasteiger partial charge in [0.05, 0.1) is 0 Å². The molecule has 0 heterocycles. The van der Waals surface area contributed by atoms with Crippen LogP contribution in [0.2, 0.25) is 0 Å². The summed E-state index contributed by atoms with van der Waals surface area (Å²) in [5, 5.41) is 0. The van der Waals surface area contributed by atoms with Crippen molar-refractivity contribution in [2.24, 2.45) is 0 Å². The van der Waals surface area contributed by atoms with E-state index in [4.69, 9.17) is 0 Å². The Bertz CT molecular complexity index is 131. The highest BCUT2D eigenvalue weighted by Gasteiger charge is 2.20. The fourth-order valence-electron chi connectivity index (χ4n) is 0.980. The predicted molar refractivity (Wildman–Crippen MR) is 40.6 cm³/mol. The van der Waals surface area contributed by atoms with Crippen molar-refractivity contribution < 1.29 is 4.39 Å². The number of allylic oxidation sites excluding steroid dienone is 2. The summed E-state index contributed by atoms with van der Waals surface area (Å²) in [6.45, 7) is 1.98. The van der Waals surface area contributed by atoms with Crippen LogP contribution in [0.1, 0.15) is 19.8 Å². The van der Waals surface area contributed by atoms with Gasteiger partial charge in [-0.1, -0.05) is 27.6 Å². The molecule has 0 amide bonds. The molecule has 52 valence electrons. The summed E-state index contributed by atoms with van der Waals surface area (Å²) < 4.78 is 12.7. The van der Waals surface area contributed by atoms with Gasteiger partial charge in [0.1, 0.15) is 6.17 Å². The summed E-state index contributed by atoms with van der Waals surface area (Å²) in [4.78, 5) is 0.0567. The standard InChI is InChI=1S/C7H10BrF/c1-5-2-3-6(8)7(9)4-5/h2,6-7H,3-4H2,1H3. The van der Waals surface area contributed by atoms with E-state index >= 15 is 0 Å². The van der Waals surface area contributed by atoms with Gasteiger partial charge in [0, 0.05) is 11.2 Å².